The number of anilines is 1. The molecule has 2 aromatic rings. The number of sulfonamides is 1. The molecule has 1 N–H and O–H groups in total. The molecule has 0 aromatic heterocycles. The van der Waals surface area contributed by atoms with Gasteiger partial charge in [-0.2, -0.15) is 0 Å². The van der Waals surface area contributed by atoms with E-state index < -0.39 is 28.5 Å². The Kier molecular flexibility index (Phi) is 11.3. The monoisotopic (exact) mass is 557 g/mol. The number of hydrogen-bond donors (Lipinski definition) is 1. The molecule has 0 spiro atoms. The van der Waals surface area contributed by atoms with E-state index in [2.05, 4.69) is 5.32 Å². The second-order valence-corrected chi connectivity index (χ2v) is 11.0. The lowest BCUT2D eigenvalue weighted by molar-refractivity contribution is -0.139. The van der Waals surface area contributed by atoms with Gasteiger partial charge in [0.05, 0.1) is 18.6 Å². The van der Waals surface area contributed by atoms with E-state index in [1.165, 1.54) is 4.90 Å². The number of halogens is 2. The highest BCUT2D eigenvalue weighted by Gasteiger charge is 2.31. The standard InChI is InChI=1S/C25H33Cl2N3O5S/c1-5-7-14-28-25(32)18(3)29(16-19-12-13-20(26)15-21(19)27)24(31)17-30(36(4,33)34)22-10-8-9-11-23(22)35-6-2/h8-13,15,18H,5-7,14,16-17H2,1-4H3,(H,28,32). The fraction of sp³-hybridized carbons (Fsp3) is 0.440. The molecule has 0 aliphatic rings. The van der Waals surface area contributed by atoms with E-state index in [4.69, 9.17) is 27.9 Å². The van der Waals surface area contributed by atoms with Crippen LogP contribution in [0.4, 0.5) is 5.69 Å². The minimum Gasteiger partial charge on any atom is -0.492 e. The zero-order valence-electron chi connectivity index (χ0n) is 21.0. The van der Waals surface area contributed by atoms with Crippen molar-refractivity contribution >= 4 is 50.7 Å². The lowest BCUT2D eigenvalue weighted by Gasteiger charge is -2.32. The highest BCUT2D eigenvalue weighted by atomic mass is 35.5. The van der Waals surface area contributed by atoms with Crippen LogP contribution in [0.3, 0.4) is 0 Å². The van der Waals surface area contributed by atoms with Gasteiger partial charge >= 0.3 is 0 Å². The molecule has 0 aliphatic heterocycles. The van der Waals surface area contributed by atoms with Crippen molar-refractivity contribution in [3.05, 3.63) is 58.1 Å². The van der Waals surface area contributed by atoms with E-state index in [-0.39, 0.29) is 18.1 Å². The molecule has 8 nitrogen and oxygen atoms in total. The maximum absolute atomic E-state index is 13.6. The fourth-order valence-corrected chi connectivity index (χ4v) is 4.81. The van der Waals surface area contributed by atoms with Crippen LogP contribution in [0.25, 0.3) is 0 Å². The third-order valence-electron chi connectivity index (χ3n) is 5.47. The van der Waals surface area contributed by atoms with Gasteiger partial charge in [-0.3, -0.25) is 13.9 Å². The minimum absolute atomic E-state index is 0.0120. The second kappa shape index (κ2) is 13.7. The quantitative estimate of drug-likeness (QED) is 0.366. The lowest BCUT2D eigenvalue weighted by atomic mass is 10.1. The van der Waals surface area contributed by atoms with Crippen LogP contribution in [-0.2, 0) is 26.2 Å². The van der Waals surface area contributed by atoms with Gasteiger partial charge in [-0.15, -0.1) is 0 Å². The zero-order chi connectivity index (χ0) is 26.9. The average molecular weight is 559 g/mol. The fourth-order valence-electron chi connectivity index (χ4n) is 3.49. The highest BCUT2D eigenvalue weighted by molar-refractivity contribution is 7.92. The van der Waals surface area contributed by atoms with Crippen molar-refractivity contribution in [2.75, 3.05) is 30.3 Å². The molecule has 0 saturated heterocycles. The smallest absolute Gasteiger partial charge is 0.244 e. The molecule has 1 unspecified atom stereocenters. The van der Waals surface area contributed by atoms with Crippen LogP contribution >= 0.6 is 23.2 Å². The highest BCUT2D eigenvalue weighted by Crippen LogP contribution is 2.30. The first-order valence-corrected chi connectivity index (χ1v) is 14.3. The van der Waals surface area contributed by atoms with E-state index in [1.807, 2.05) is 6.92 Å². The first-order valence-electron chi connectivity index (χ1n) is 11.7. The average Bonchev–Trinajstić information content (AvgIpc) is 2.81. The number of para-hydroxylation sites is 2. The van der Waals surface area contributed by atoms with E-state index in [0.717, 1.165) is 23.4 Å². The molecule has 198 valence electrons. The molecule has 36 heavy (non-hydrogen) atoms. The van der Waals surface area contributed by atoms with Crippen molar-refractivity contribution in [2.45, 2.75) is 46.2 Å². The van der Waals surface area contributed by atoms with E-state index in [9.17, 15) is 18.0 Å². The predicted molar refractivity (Wildman–Crippen MR) is 144 cm³/mol. The van der Waals surface area contributed by atoms with Gasteiger partial charge in [0.25, 0.3) is 0 Å². The number of rotatable bonds is 13. The Morgan fingerprint density at radius 3 is 2.42 bits per heavy atom. The van der Waals surface area contributed by atoms with Crippen molar-refractivity contribution in [3.63, 3.8) is 0 Å². The molecule has 2 aromatic carbocycles. The molecule has 2 rings (SSSR count). The Morgan fingerprint density at radius 1 is 1.11 bits per heavy atom. The summed E-state index contributed by atoms with van der Waals surface area (Å²) >= 11 is 12.4. The van der Waals surface area contributed by atoms with Gasteiger partial charge in [-0.25, -0.2) is 8.42 Å². The summed E-state index contributed by atoms with van der Waals surface area (Å²) in [6.45, 7) is 5.64. The number of carbonyl (C=O) groups is 2. The Balaban J connectivity index is 2.43. The third kappa shape index (κ3) is 8.28. The van der Waals surface area contributed by atoms with E-state index in [0.29, 0.717) is 34.5 Å². The largest absolute Gasteiger partial charge is 0.492 e. The van der Waals surface area contributed by atoms with Crippen LogP contribution in [0.15, 0.2) is 42.5 Å². The topological polar surface area (TPSA) is 96.0 Å². The zero-order valence-corrected chi connectivity index (χ0v) is 23.3. The van der Waals surface area contributed by atoms with Crippen LogP contribution in [0.5, 0.6) is 5.75 Å². The first kappa shape index (κ1) is 29.7. The maximum Gasteiger partial charge on any atom is 0.244 e. The van der Waals surface area contributed by atoms with Crippen LogP contribution < -0.4 is 14.4 Å². The van der Waals surface area contributed by atoms with Crippen molar-refractivity contribution in [3.8, 4) is 5.75 Å². The van der Waals surface area contributed by atoms with Gasteiger partial charge in [0.2, 0.25) is 21.8 Å². The summed E-state index contributed by atoms with van der Waals surface area (Å²) in [5, 5.41) is 3.60. The van der Waals surface area contributed by atoms with Gasteiger partial charge in [0, 0.05) is 23.1 Å². The number of ether oxygens (including phenoxy) is 1. The number of carbonyl (C=O) groups excluding carboxylic acids is 2. The van der Waals surface area contributed by atoms with Gasteiger partial charge in [-0.1, -0.05) is 54.7 Å². The van der Waals surface area contributed by atoms with Crippen molar-refractivity contribution in [2.24, 2.45) is 0 Å². The van der Waals surface area contributed by atoms with Crippen molar-refractivity contribution in [1.29, 1.82) is 0 Å². The number of hydrogen-bond acceptors (Lipinski definition) is 5. The molecule has 11 heteroatoms. The Hall–Kier alpha value is -2.49. The van der Waals surface area contributed by atoms with Gasteiger partial charge in [0.15, 0.2) is 0 Å². The summed E-state index contributed by atoms with van der Waals surface area (Å²) in [5.41, 5.74) is 0.808. The number of benzene rings is 2. The van der Waals surface area contributed by atoms with E-state index >= 15 is 0 Å². The molecule has 0 fully saturated rings. The minimum atomic E-state index is -3.88. The number of nitrogens with one attached hydrogen (secondary N) is 1. The Labute approximate surface area is 223 Å². The van der Waals surface area contributed by atoms with Crippen LogP contribution in [-0.4, -0.2) is 57.1 Å². The van der Waals surface area contributed by atoms with Crippen LogP contribution in [0, 0.1) is 0 Å². The summed E-state index contributed by atoms with van der Waals surface area (Å²) in [7, 11) is -3.88. The van der Waals surface area contributed by atoms with Crippen LogP contribution in [0.2, 0.25) is 10.0 Å². The molecule has 0 radical (unpaired) electrons. The van der Waals surface area contributed by atoms with Crippen molar-refractivity contribution < 1.29 is 22.7 Å². The predicted octanol–water partition coefficient (Wildman–Crippen LogP) is 4.49. The SMILES string of the molecule is CCCCNC(=O)C(C)N(Cc1ccc(Cl)cc1Cl)C(=O)CN(c1ccccc1OCC)S(C)(=O)=O. The number of nitrogens with zero attached hydrogens (tertiary/aromatic N) is 2. The van der Waals surface area contributed by atoms with E-state index in [1.54, 1.807) is 56.3 Å². The third-order valence-corrected chi connectivity index (χ3v) is 7.18. The van der Waals surface area contributed by atoms with Gasteiger partial charge in [-0.05, 0) is 50.1 Å². The Morgan fingerprint density at radius 2 is 1.81 bits per heavy atom. The lowest BCUT2D eigenvalue weighted by Crippen LogP contribution is -2.51. The summed E-state index contributed by atoms with van der Waals surface area (Å²) in [6, 6.07) is 10.6. The summed E-state index contributed by atoms with van der Waals surface area (Å²) in [5.74, 6) is -0.589. The maximum atomic E-state index is 13.6. The summed E-state index contributed by atoms with van der Waals surface area (Å²) in [6.07, 6.45) is 2.72. The van der Waals surface area contributed by atoms with Gasteiger partial charge < -0.3 is 15.0 Å². The molecule has 2 amide bonds. The number of amides is 2. The van der Waals surface area contributed by atoms with Crippen molar-refractivity contribution in [1.82, 2.24) is 10.2 Å². The van der Waals surface area contributed by atoms with Crippen LogP contribution in [0.1, 0.15) is 39.2 Å². The molecule has 0 bridgehead atoms. The molecular formula is C25H33Cl2N3O5S. The molecular weight excluding hydrogens is 525 g/mol. The normalized spacial score (nSPS) is 12.1. The molecule has 0 heterocycles. The summed E-state index contributed by atoms with van der Waals surface area (Å²) in [4.78, 5) is 27.8. The Bertz CT molecular complexity index is 1160. The number of unbranched alkanes of at least 4 members (excludes halogenated alkanes) is 1. The molecule has 0 aliphatic carbocycles. The second-order valence-electron chi connectivity index (χ2n) is 8.25. The molecule has 1 atom stereocenters. The first-order chi connectivity index (χ1) is 17.0. The van der Waals surface area contributed by atoms with Gasteiger partial charge in [0.1, 0.15) is 18.3 Å². The summed E-state index contributed by atoms with van der Waals surface area (Å²) < 4.78 is 32.1. The molecule has 0 saturated carbocycles.